The van der Waals surface area contributed by atoms with Crippen LogP contribution in [0.3, 0.4) is 0 Å². The summed E-state index contributed by atoms with van der Waals surface area (Å²) in [5.41, 5.74) is 2.52. The Bertz CT molecular complexity index is 1300. The van der Waals surface area contributed by atoms with Gasteiger partial charge in [0, 0.05) is 56.2 Å². The summed E-state index contributed by atoms with van der Waals surface area (Å²) in [6, 6.07) is 15.2. The quantitative estimate of drug-likeness (QED) is 0.420. The lowest BCUT2D eigenvalue weighted by Crippen LogP contribution is -2.48. The van der Waals surface area contributed by atoms with E-state index in [4.69, 9.17) is 4.52 Å². The Kier molecular flexibility index (Phi) is 6.58. The number of aromatic nitrogens is 3. The lowest BCUT2D eigenvalue weighted by Gasteiger charge is -2.35. The van der Waals surface area contributed by atoms with Crippen LogP contribution in [0.25, 0.3) is 22.8 Å². The van der Waals surface area contributed by atoms with Crippen molar-refractivity contribution in [1.82, 2.24) is 24.9 Å². The number of carbonyl (C=O) groups is 1. The van der Waals surface area contributed by atoms with Crippen molar-refractivity contribution in [1.29, 1.82) is 0 Å². The van der Waals surface area contributed by atoms with Crippen LogP contribution in [-0.2, 0) is 17.8 Å². The molecule has 0 spiro atoms. The molecule has 2 aromatic heterocycles. The first-order chi connectivity index (χ1) is 17.1. The van der Waals surface area contributed by atoms with E-state index >= 15 is 0 Å². The molecule has 1 fully saturated rings. The summed E-state index contributed by atoms with van der Waals surface area (Å²) in [7, 11) is 0. The van der Waals surface area contributed by atoms with E-state index in [2.05, 4.69) is 20.0 Å². The van der Waals surface area contributed by atoms with Crippen LogP contribution < -0.4 is 0 Å². The van der Waals surface area contributed by atoms with Gasteiger partial charge in [-0.15, -0.1) is 0 Å². The summed E-state index contributed by atoms with van der Waals surface area (Å²) >= 11 is 0. The Morgan fingerprint density at radius 2 is 1.69 bits per heavy atom. The largest absolute Gasteiger partial charge is 0.340 e. The molecule has 0 atom stereocenters. The molecule has 9 heteroatoms. The Balaban J connectivity index is 1.18. The fraction of sp³-hybridized carbons (Fsp3) is 0.231. The van der Waals surface area contributed by atoms with Gasteiger partial charge >= 0.3 is 0 Å². The van der Waals surface area contributed by atoms with Gasteiger partial charge in [-0.2, -0.15) is 4.98 Å². The first-order valence-corrected chi connectivity index (χ1v) is 11.3. The van der Waals surface area contributed by atoms with Crippen molar-refractivity contribution in [2.75, 3.05) is 26.2 Å². The SMILES string of the molecule is O=C(Cc1c(F)cccc1F)N1CCN(Cc2cccc(-c3noc(-c4cccnc4)n3)c2)CC1. The molecule has 178 valence electrons. The van der Waals surface area contributed by atoms with Crippen LogP contribution in [0.5, 0.6) is 0 Å². The van der Waals surface area contributed by atoms with Gasteiger partial charge in [-0.3, -0.25) is 14.7 Å². The van der Waals surface area contributed by atoms with Crippen LogP contribution in [0, 0.1) is 11.6 Å². The summed E-state index contributed by atoms with van der Waals surface area (Å²) in [6.07, 6.45) is 3.08. The third-order valence-electron chi connectivity index (χ3n) is 6.04. The van der Waals surface area contributed by atoms with Gasteiger partial charge in [0.15, 0.2) is 0 Å². The molecule has 1 saturated heterocycles. The molecule has 0 bridgehead atoms. The minimum absolute atomic E-state index is 0.176. The summed E-state index contributed by atoms with van der Waals surface area (Å²) < 4.78 is 33.2. The molecule has 5 rings (SSSR count). The Hall–Kier alpha value is -3.98. The van der Waals surface area contributed by atoms with Crippen LogP contribution in [0.2, 0.25) is 0 Å². The van der Waals surface area contributed by atoms with E-state index in [1.165, 1.54) is 18.2 Å². The van der Waals surface area contributed by atoms with Gasteiger partial charge < -0.3 is 9.42 Å². The molecule has 0 radical (unpaired) electrons. The lowest BCUT2D eigenvalue weighted by atomic mass is 10.1. The van der Waals surface area contributed by atoms with E-state index < -0.39 is 11.6 Å². The van der Waals surface area contributed by atoms with E-state index in [1.54, 1.807) is 17.3 Å². The maximum absolute atomic E-state index is 13.9. The molecule has 35 heavy (non-hydrogen) atoms. The fourth-order valence-electron chi connectivity index (χ4n) is 4.13. The number of amides is 1. The van der Waals surface area contributed by atoms with Crippen molar-refractivity contribution >= 4 is 5.91 Å². The standard InChI is InChI=1S/C26H23F2N5O2/c27-22-7-2-8-23(28)21(22)15-24(34)33-12-10-32(11-13-33)17-18-4-1-5-19(14-18)25-30-26(35-31-25)20-6-3-9-29-16-20/h1-9,14,16H,10-13,15,17H2. The smallest absolute Gasteiger partial charge is 0.259 e. The second-order valence-electron chi connectivity index (χ2n) is 8.40. The average Bonchev–Trinajstić information content (AvgIpc) is 3.38. The maximum Gasteiger partial charge on any atom is 0.259 e. The monoisotopic (exact) mass is 475 g/mol. The number of nitrogens with zero attached hydrogens (tertiary/aromatic N) is 5. The number of hydrogen-bond acceptors (Lipinski definition) is 6. The molecule has 1 amide bonds. The molecule has 7 nitrogen and oxygen atoms in total. The van der Waals surface area contributed by atoms with Gasteiger partial charge in [0.1, 0.15) is 11.6 Å². The minimum Gasteiger partial charge on any atom is -0.340 e. The number of hydrogen-bond donors (Lipinski definition) is 0. The molecule has 0 N–H and O–H groups in total. The van der Waals surface area contributed by atoms with E-state index in [1.807, 2.05) is 36.4 Å². The first kappa shape index (κ1) is 22.8. The predicted molar refractivity (Wildman–Crippen MR) is 125 cm³/mol. The highest BCUT2D eigenvalue weighted by molar-refractivity contribution is 5.79. The van der Waals surface area contributed by atoms with Crippen LogP contribution in [0.15, 0.2) is 71.5 Å². The average molecular weight is 475 g/mol. The topological polar surface area (TPSA) is 75.4 Å². The van der Waals surface area contributed by atoms with E-state index in [0.29, 0.717) is 44.4 Å². The Labute approximate surface area is 201 Å². The molecule has 1 aliphatic heterocycles. The molecule has 3 heterocycles. The van der Waals surface area contributed by atoms with Gasteiger partial charge in [-0.1, -0.05) is 29.4 Å². The number of pyridine rings is 1. The zero-order valence-electron chi connectivity index (χ0n) is 18.9. The third-order valence-corrected chi connectivity index (χ3v) is 6.04. The van der Waals surface area contributed by atoms with Gasteiger partial charge in [0.2, 0.25) is 11.7 Å². The summed E-state index contributed by atoms with van der Waals surface area (Å²) in [4.78, 5) is 25.1. The molecule has 1 aliphatic rings. The van der Waals surface area contributed by atoms with Gasteiger partial charge in [0.05, 0.1) is 12.0 Å². The van der Waals surface area contributed by atoms with E-state index in [-0.39, 0.29) is 17.9 Å². The van der Waals surface area contributed by atoms with E-state index in [0.717, 1.165) is 16.7 Å². The first-order valence-electron chi connectivity index (χ1n) is 11.3. The van der Waals surface area contributed by atoms with Crippen LogP contribution in [-0.4, -0.2) is 57.0 Å². The normalized spacial score (nSPS) is 14.3. The zero-order chi connectivity index (χ0) is 24.2. The summed E-state index contributed by atoms with van der Waals surface area (Å²) in [5, 5.41) is 4.10. The van der Waals surface area contributed by atoms with Crippen LogP contribution >= 0.6 is 0 Å². The van der Waals surface area contributed by atoms with Gasteiger partial charge in [-0.05, 0) is 35.9 Å². The molecule has 2 aromatic carbocycles. The molecule has 0 aliphatic carbocycles. The van der Waals surface area contributed by atoms with Gasteiger partial charge in [0.25, 0.3) is 5.89 Å². The fourth-order valence-corrected chi connectivity index (χ4v) is 4.13. The molecular formula is C26H23F2N5O2. The highest BCUT2D eigenvalue weighted by atomic mass is 19.1. The Morgan fingerprint density at radius 1 is 0.943 bits per heavy atom. The zero-order valence-corrected chi connectivity index (χ0v) is 18.9. The molecular weight excluding hydrogens is 452 g/mol. The number of benzene rings is 2. The highest BCUT2D eigenvalue weighted by Gasteiger charge is 2.23. The van der Waals surface area contributed by atoms with Crippen LogP contribution in [0.1, 0.15) is 11.1 Å². The van der Waals surface area contributed by atoms with Crippen molar-refractivity contribution in [3.63, 3.8) is 0 Å². The minimum atomic E-state index is -0.689. The number of halogens is 2. The second kappa shape index (κ2) is 10.1. The van der Waals surface area contributed by atoms with Crippen molar-refractivity contribution in [3.8, 4) is 22.8 Å². The highest BCUT2D eigenvalue weighted by Crippen LogP contribution is 2.23. The summed E-state index contributed by atoms with van der Waals surface area (Å²) in [5.74, 6) is -0.731. The number of piperazine rings is 1. The molecule has 0 saturated carbocycles. The predicted octanol–water partition coefficient (Wildman–Crippen LogP) is 3.96. The van der Waals surface area contributed by atoms with Crippen molar-refractivity contribution in [2.45, 2.75) is 13.0 Å². The Morgan fingerprint density at radius 3 is 2.43 bits per heavy atom. The molecule has 0 unspecified atom stereocenters. The lowest BCUT2D eigenvalue weighted by molar-refractivity contribution is -0.132. The van der Waals surface area contributed by atoms with Gasteiger partial charge in [-0.25, -0.2) is 8.78 Å². The van der Waals surface area contributed by atoms with Crippen molar-refractivity contribution in [2.24, 2.45) is 0 Å². The van der Waals surface area contributed by atoms with Crippen LogP contribution in [0.4, 0.5) is 8.78 Å². The van der Waals surface area contributed by atoms with E-state index in [9.17, 15) is 13.6 Å². The third kappa shape index (κ3) is 5.25. The van der Waals surface area contributed by atoms with Crippen molar-refractivity contribution < 1.29 is 18.1 Å². The number of carbonyl (C=O) groups excluding carboxylic acids is 1. The number of rotatable bonds is 6. The second-order valence-corrected chi connectivity index (χ2v) is 8.40. The van der Waals surface area contributed by atoms with Crippen molar-refractivity contribution in [3.05, 3.63) is 89.8 Å². The maximum atomic E-state index is 13.9. The summed E-state index contributed by atoms with van der Waals surface area (Å²) in [6.45, 7) is 3.05. The molecule has 4 aromatic rings.